The molecule has 0 aromatic carbocycles. The van der Waals surface area contributed by atoms with Crippen molar-refractivity contribution in [3.05, 3.63) is 0 Å². The normalized spacial score (nSPS) is 35.8. The van der Waals surface area contributed by atoms with E-state index >= 15 is 0 Å². The maximum Gasteiger partial charge on any atom is 0.248 e. The number of amides is 1. The molecule has 1 saturated carbocycles. The van der Waals surface area contributed by atoms with E-state index in [9.17, 15) is 4.79 Å². The number of carbonyl (C=O) groups is 1. The minimum absolute atomic E-state index is 0.210. The first-order valence-electron chi connectivity index (χ1n) is 6.42. The molecule has 90 valence electrons. The van der Waals surface area contributed by atoms with E-state index in [-0.39, 0.29) is 5.91 Å². The van der Waals surface area contributed by atoms with E-state index < -0.39 is 0 Å². The molecule has 0 spiro atoms. The van der Waals surface area contributed by atoms with Gasteiger partial charge in [0.15, 0.2) is 0 Å². The average molecular weight is 224 g/mol. The number of nitrogens with one attached hydrogen (secondary N) is 1. The molecule has 0 aromatic heterocycles. The first-order chi connectivity index (χ1) is 7.84. The predicted octanol–water partition coefficient (Wildman–Crippen LogP) is 0.233. The first-order valence-corrected chi connectivity index (χ1v) is 6.42. The molecule has 0 unspecified atom stereocenters. The van der Waals surface area contributed by atoms with E-state index in [0.29, 0.717) is 18.6 Å². The molecule has 4 heteroatoms. The molecular formula is C12H20N2O2. The monoisotopic (exact) mass is 224 g/mol. The summed E-state index contributed by atoms with van der Waals surface area (Å²) in [7, 11) is 0. The summed E-state index contributed by atoms with van der Waals surface area (Å²) in [5, 5.41) is 3.40. The van der Waals surface area contributed by atoms with E-state index in [1.807, 2.05) is 0 Å². The summed E-state index contributed by atoms with van der Waals surface area (Å²) in [4.78, 5) is 14.1. The van der Waals surface area contributed by atoms with E-state index in [4.69, 9.17) is 4.74 Å². The number of nitrogens with zero attached hydrogens (tertiary/aromatic N) is 1. The van der Waals surface area contributed by atoms with Crippen molar-refractivity contribution in [1.82, 2.24) is 10.2 Å². The predicted molar refractivity (Wildman–Crippen MR) is 60.0 cm³/mol. The van der Waals surface area contributed by atoms with Crippen LogP contribution in [0.5, 0.6) is 0 Å². The fraction of sp³-hybridized carbons (Fsp3) is 0.917. The number of rotatable bonds is 2. The van der Waals surface area contributed by atoms with Crippen molar-refractivity contribution in [1.29, 1.82) is 0 Å². The van der Waals surface area contributed by atoms with E-state index in [2.05, 4.69) is 10.2 Å². The zero-order valence-electron chi connectivity index (χ0n) is 9.65. The number of hydrogen-bond acceptors (Lipinski definition) is 3. The molecule has 2 heterocycles. The average Bonchev–Trinajstić information content (AvgIpc) is 3.10. The molecule has 2 atom stereocenters. The molecule has 2 saturated heterocycles. The largest absolute Gasteiger partial charge is 0.371 e. The third-order valence-electron chi connectivity index (χ3n) is 4.00. The van der Waals surface area contributed by atoms with Crippen LogP contribution in [0.3, 0.4) is 0 Å². The second kappa shape index (κ2) is 4.34. The number of fused-ring (bicyclic) bond motifs is 1. The number of hydrogen-bond donors (Lipinski definition) is 1. The third kappa shape index (κ3) is 2.09. The van der Waals surface area contributed by atoms with Crippen LogP contribution >= 0.6 is 0 Å². The van der Waals surface area contributed by atoms with Crippen molar-refractivity contribution >= 4 is 5.91 Å². The van der Waals surface area contributed by atoms with Crippen LogP contribution in [0, 0.1) is 11.8 Å². The van der Waals surface area contributed by atoms with Crippen LogP contribution in [-0.4, -0.2) is 49.7 Å². The second-order valence-corrected chi connectivity index (χ2v) is 5.32. The molecule has 1 N–H and O–H groups in total. The Morgan fingerprint density at radius 1 is 1.38 bits per heavy atom. The van der Waals surface area contributed by atoms with Crippen LogP contribution in [0.25, 0.3) is 0 Å². The van der Waals surface area contributed by atoms with Gasteiger partial charge in [-0.2, -0.15) is 0 Å². The maximum absolute atomic E-state index is 12.0. The van der Waals surface area contributed by atoms with Crippen LogP contribution in [0.15, 0.2) is 0 Å². The van der Waals surface area contributed by atoms with Gasteiger partial charge in [0.2, 0.25) is 5.91 Å². The molecule has 3 fully saturated rings. The molecule has 16 heavy (non-hydrogen) atoms. The van der Waals surface area contributed by atoms with Crippen molar-refractivity contribution in [3.8, 4) is 0 Å². The Bertz CT molecular complexity index is 278. The zero-order valence-corrected chi connectivity index (χ0v) is 9.65. The molecule has 4 nitrogen and oxygen atoms in total. The Hall–Kier alpha value is -0.610. The van der Waals surface area contributed by atoms with E-state index in [0.717, 1.165) is 38.6 Å². The summed E-state index contributed by atoms with van der Waals surface area (Å²) >= 11 is 0. The fourth-order valence-corrected chi connectivity index (χ4v) is 2.87. The summed E-state index contributed by atoms with van der Waals surface area (Å²) in [5.41, 5.74) is 0. The Morgan fingerprint density at radius 2 is 2.25 bits per heavy atom. The lowest BCUT2D eigenvalue weighted by Gasteiger charge is -2.38. The lowest BCUT2D eigenvalue weighted by atomic mass is 9.92. The Morgan fingerprint density at radius 3 is 3.06 bits per heavy atom. The van der Waals surface area contributed by atoms with Gasteiger partial charge < -0.3 is 15.0 Å². The lowest BCUT2D eigenvalue weighted by molar-refractivity contribution is -0.136. The van der Waals surface area contributed by atoms with Gasteiger partial charge in [0, 0.05) is 25.0 Å². The Balaban J connectivity index is 1.74. The van der Waals surface area contributed by atoms with Crippen LogP contribution in [0.1, 0.15) is 19.3 Å². The van der Waals surface area contributed by atoms with Crippen LogP contribution in [0.4, 0.5) is 0 Å². The van der Waals surface area contributed by atoms with Crippen molar-refractivity contribution in [3.63, 3.8) is 0 Å². The third-order valence-corrected chi connectivity index (χ3v) is 4.00. The first kappa shape index (κ1) is 10.5. The minimum Gasteiger partial charge on any atom is -0.371 e. The van der Waals surface area contributed by atoms with Gasteiger partial charge in [-0.25, -0.2) is 0 Å². The van der Waals surface area contributed by atoms with Crippen molar-refractivity contribution < 1.29 is 9.53 Å². The summed E-state index contributed by atoms with van der Waals surface area (Å²) in [5.74, 6) is 1.48. The Kier molecular flexibility index (Phi) is 2.86. The SMILES string of the molecule is O=C1COC[C@H]2CNCC[C@H]2N1CC1CC1. The van der Waals surface area contributed by atoms with Crippen molar-refractivity contribution in [2.45, 2.75) is 25.3 Å². The number of carbonyl (C=O) groups excluding carboxylic acids is 1. The highest BCUT2D eigenvalue weighted by atomic mass is 16.5. The highest BCUT2D eigenvalue weighted by Gasteiger charge is 2.38. The molecule has 2 aliphatic heterocycles. The van der Waals surface area contributed by atoms with E-state index in [1.165, 1.54) is 12.8 Å². The molecule has 0 aromatic rings. The zero-order chi connectivity index (χ0) is 11.0. The standard InChI is InChI=1S/C12H20N2O2/c15-12-8-16-7-10-5-13-4-3-11(10)14(12)6-9-1-2-9/h9-11,13H,1-8H2/t10-,11-/m1/s1. The summed E-state index contributed by atoms with van der Waals surface area (Å²) in [6.45, 7) is 4.04. The van der Waals surface area contributed by atoms with Gasteiger partial charge in [0.05, 0.1) is 6.61 Å². The van der Waals surface area contributed by atoms with Crippen LogP contribution < -0.4 is 5.32 Å². The number of piperidine rings is 1. The smallest absolute Gasteiger partial charge is 0.248 e. The highest BCUT2D eigenvalue weighted by molar-refractivity contribution is 5.78. The molecule has 0 bridgehead atoms. The molecule has 0 radical (unpaired) electrons. The van der Waals surface area contributed by atoms with Crippen LogP contribution in [0.2, 0.25) is 0 Å². The van der Waals surface area contributed by atoms with Gasteiger partial charge in [-0.1, -0.05) is 0 Å². The summed E-state index contributed by atoms with van der Waals surface area (Å²) in [6.07, 6.45) is 3.70. The highest BCUT2D eigenvalue weighted by Crippen LogP contribution is 2.32. The van der Waals surface area contributed by atoms with Gasteiger partial charge in [0.25, 0.3) is 0 Å². The minimum atomic E-state index is 0.210. The van der Waals surface area contributed by atoms with Crippen molar-refractivity contribution in [2.24, 2.45) is 11.8 Å². The fourth-order valence-electron chi connectivity index (χ4n) is 2.87. The van der Waals surface area contributed by atoms with Crippen molar-refractivity contribution in [2.75, 3.05) is 32.8 Å². The molecule has 1 aliphatic carbocycles. The topological polar surface area (TPSA) is 41.6 Å². The quantitative estimate of drug-likeness (QED) is 0.730. The van der Waals surface area contributed by atoms with E-state index in [1.54, 1.807) is 0 Å². The molecule has 3 aliphatic rings. The van der Waals surface area contributed by atoms with Gasteiger partial charge in [-0.3, -0.25) is 4.79 Å². The summed E-state index contributed by atoms with van der Waals surface area (Å²) in [6, 6.07) is 0.428. The van der Waals surface area contributed by atoms with Gasteiger partial charge >= 0.3 is 0 Å². The van der Waals surface area contributed by atoms with Gasteiger partial charge in [-0.05, 0) is 31.7 Å². The van der Waals surface area contributed by atoms with Gasteiger partial charge in [0.1, 0.15) is 6.61 Å². The van der Waals surface area contributed by atoms with Gasteiger partial charge in [-0.15, -0.1) is 0 Å². The maximum atomic E-state index is 12.0. The second-order valence-electron chi connectivity index (χ2n) is 5.32. The lowest BCUT2D eigenvalue weighted by Crippen LogP contribution is -2.52. The molecule has 1 amide bonds. The molecular weight excluding hydrogens is 204 g/mol. The summed E-state index contributed by atoms with van der Waals surface area (Å²) < 4.78 is 5.48. The van der Waals surface area contributed by atoms with Crippen LogP contribution in [-0.2, 0) is 9.53 Å². The molecule has 3 rings (SSSR count). The number of ether oxygens (including phenoxy) is 1. The Labute approximate surface area is 96.3 Å².